The maximum atomic E-state index is 14.6. The van der Waals surface area contributed by atoms with Crippen molar-refractivity contribution < 1.29 is 121 Å². The number of halogens is 1. The monoisotopic (exact) mass is 1690 g/mol. The van der Waals surface area contributed by atoms with Crippen LogP contribution < -0.4 is 40.5 Å². The van der Waals surface area contributed by atoms with Crippen LogP contribution in [0, 0.1) is 34.2 Å². The molecule has 0 saturated carbocycles. The van der Waals surface area contributed by atoms with Crippen LogP contribution in [0.5, 0.6) is 23.0 Å². The number of fused-ring (bicyclic) bond motifs is 2. The number of methoxy groups -OCH3 is 5. The van der Waals surface area contributed by atoms with Crippen molar-refractivity contribution in [3.8, 4) is 46.7 Å². The van der Waals surface area contributed by atoms with E-state index >= 15 is 0 Å². The van der Waals surface area contributed by atoms with E-state index < -0.39 is 143 Å². The van der Waals surface area contributed by atoms with E-state index in [0.29, 0.717) is 40.0 Å². The van der Waals surface area contributed by atoms with E-state index in [4.69, 9.17) is 66.4 Å². The predicted molar refractivity (Wildman–Crippen MR) is 409 cm³/mol. The van der Waals surface area contributed by atoms with E-state index in [0.717, 1.165) is 24.4 Å². The van der Waals surface area contributed by atoms with Gasteiger partial charge in [0, 0.05) is 81.7 Å². The highest BCUT2D eigenvalue weighted by Gasteiger charge is 2.53. The number of alkyl carbamates (subject to hydrolysis) is 1. The third-order valence-electron chi connectivity index (χ3n) is 18.7. The van der Waals surface area contributed by atoms with E-state index in [-0.39, 0.29) is 89.0 Å². The number of allylic oxidation sites excluding steroid dienone is 3. The number of nitrogens with zero attached hydrogens (tertiary/aromatic N) is 2. The van der Waals surface area contributed by atoms with Crippen LogP contribution in [0.3, 0.4) is 0 Å². The fourth-order valence-electron chi connectivity index (χ4n) is 12.9. The van der Waals surface area contributed by atoms with Crippen molar-refractivity contribution in [3.63, 3.8) is 0 Å². The number of aliphatic hydroxyl groups is 5. The Bertz CT molecular complexity index is 3850. The first kappa shape index (κ1) is 88.2. The zero-order valence-corrected chi connectivity index (χ0v) is 67.6. The van der Waals surface area contributed by atoms with Gasteiger partial charge in [-0.15, -0.1) is 0 Å². The molecule has 19 atom stereocenters. The van der Waals surface area contributed by atoms with E-state index in [2.05, 4.69) is 56.9 Å². The van der Waals surface area contributed by atoms with Crippen LogP contribution in [0.4, 0.5) is 4.79 Å². The molecule has 4 amide bonds. The molecule has 2 aromatic carbocycles. The lowest BCUT2D eigenvalue weighted by molar-refractivity contribution is -0.337. The summed E-state index contributed by atoms with van der Waals surface area (Å²) in [6.45, 7) is 17.4. The van der Waals surface area contributed by atoms with Crippen LogP contribution in [0.1, 0.15) is 108 Å². The molecule has 4 heterocycles. The van der Waals surface area contributed by atoms with E-state index in [1.165, 1.54) is 80.2 Å². The molecule has 2 bridgehead atoms. The number of aliphatic hydroxyl groups excluding tert-OH is 4. The molecular weight excluding hydrogens is 1600 g/mol. The number of hydrogen-bond donors (Lipinski definition) is 9. The van der Waals surface area contributed by atoms with Crippen LogP contribution in [-0.2, 0) is 66.6 Å². The molecule has 598 valence electrons. The summed E-state index contributed by atoms with van der Waals surface area (Å²) in [6.07, 6.45) is -13.9. The Morgan fingerprint density at radius 2 is 1.57 bits per heavy atom. The number of rotatable bonds is 31. The quantitative estimate of drug-likeness (QED) is 0.0121. The Morgan fingerprint density at radius 3 is 2.22 bits per heavy atom. The first-order valence-corrected chi connectivity index (χ1v) is 39.3. The highest BCUT2D eigenvalue weighted by molar-refractivity contribution is 14.1. The third kappa shape index (κ3) is 22.1. The molecule has 0 spiro atoms. The summed E-state index contributed by atoms with van der Waals surface area (Å²) in [5.41, 5.74) is 4.57. The highest BCUT2D eigenvalue weighted by Crippen LogP contribution is 2.50. The Balaban J connectivity index is 1.01. The molecule has 18 unspecified atom stereocenters. The number of hydrazone groups is 1. The number of carbonyl (C=O) groups is 6. The normalized spacial score (nSPS) is 30.4. The molecular formula is C74H97IN6O25S3. The van der Waals surface area contributed by atoms with Crippen molar-refractivity contribution in [1.29, 1.82) is 0 Å². The minimum absolute atomic E-state index is 0.00437. The summed E-state index contributed by atoms with van der Waals surface area (Å²) in [6, 6.07) is 5.31. The van der Waals surface area contributed by atoms with Gasteiger partial charge in [-0.1, -0.05) is 69.7 Å². The van der Waals surface area contributed by atoms with Crippen molar-refractivity contribution in [2.75, 3.05) is 61.6 Å². The van der Waals surface area contributed by atoms with E-state index in [1.54, 1.807) is 59.9 Å². The number of thioether (sulfide) groups is 1. The molecule has 4 saturated heterocycles. The molecule has 2 aromatic rings. The van der Waals surface area contributed by atoms with Gasteiger partial charge in [-0.2, -0.15) is 10.6 Å². The molecule has 4 fully saturated rings. The number of ether oxygens (including phenoxy) is 13. The highest BCUT2D eigenvalue weighted by atomic mass is 127. The molecule has 4 aliphatic heterocycles. The molecule has 8 rings (SSSR count). The zero-order valence-electron chi connectivity index (χ0n) is 63.0. The Morgan fingerprint density at radius 1 is 0.862 bits per heavy atom. The zero-order chi connectivity index (χ0) is 79.8. The fraction of sp³-hybridized carbons (Fsp3) is 0.581. The first-order chi connectivity index (χ1) is 51.9. The molecule has 9 N–H and O–H groups in total. The number of amides is 4. The summed E-state index contributed by atoms with van der Waals surface area (Å²) in [4.78, 5) is 87.7. The second kappa shape index (κ2) is 40.4. The lowest BCUT2D eigenvalue weighted by Crippen LogP contribution is -2.65. The van der Waals surface area contributed by atoms with Gasteiger partial charge < -0.3 is 97.3 Å². The summed E-state index contributed by atoms with van der Waals surface area (Å²) in [5, 5.41) is 67.1. The number of Topliss-reactive ketones (excluding diaryl/α,β-unsaturated/α-hetero) is 1. The third-order valence-corrected chi connectivity index (χ3v) is 24.5. The second-order valence-corrected chi connectivity index (χ2v) is 32.0. The molecule has 31 nitrogen and oxygen atoms in total. The SMILES string of the molecule is C=CN(C(C)=O)C1COC(OC2C(O[C@H]3C#C/C=C\C#CC4(O)CC(=O)C(NC(=O)OC)=C3/C4=C\CSSC(C)(C)CC(=O)N/N=C(\C)c3ccc(OCCCC(=O)NC)cc3)OC(C)C(NOC3CC(O)C(SC(=O)c4c(C)c(I)c(OC5OC(C)C(O)C(OC)C5O)c(OC)c4OC)C(C)O3)C2O)CC1OC. The number of carbonyl (C=O) groups excluding carboxylic acids is 6. The van der Waals surface area contributed by atoms with Gasteiger partial charge in [0.1, 0.15) is 42.4 Å². The maximum Gasteiger partial charge on any atom is 0.411 e. The number of benzene rings is 2. The van der Waals surface area contributed by atoms with Gasteiger partial charge >= 0.3 is 6.09 Å². The minimum atomic E-state index is -2.23. The van der Waals surface area contributed by atoms with Crippen molar-refractivity contribution in [2.45, 2.75) is 214 Å². The average molecular weight is 1690 g/mol. The molecule has 0 aromatic heterocycles. The van der Waals surface area contributed by atoms with E-state index in [1.807, 2.05) is 48.6 Å². The Labute approximate surface area is 659 Å². The van der Waals surface area contributed by atoms with Crippen LogP contribution in [0.15, 0.2) is 77.2 Å². The predicted octanol–water partition coefficient (Wildman–Crippen LogP) is 4.92. The second-order valence-electron chi connectivity index (χ2n) is 26.8. The lowest BCUT2D eigenvalue weighted by Gasteiger charge is -2.47. The van der Waals surface area contributed by atoms with Crippen LogP contribution in [0.2, 0.25) is 0 Å². The molecule has 6 aliphatic rings. The van der Waals surface area contributed by atoms with Crippen molar-refractivity contribution >= 4 is 96.4 Å². The van der Waals surface area contributed by atoms with Crippen molar-refractivity contribution in [3.05, 3.63) is 92.4 Å². The first-order valence-electron chi connectivity index (χ1n) is 35.0. The van der Waals surface area contributed by atoms with Gasteiger partial charge in [0.15, 0.2) is 41.8 Å². The van der Waals surface area contributed by atoms with Crippen molar-refractivity contribution in [1.82, 2.24) is 26.4 Å². The summed E-state index contributed by atoms with van der Waals surface area (Å²) in [7, 11) is 10.8. The molecule has 0 radical (unpaired) electrons. The topological polar surface area (TPSA) is 397 Å². The van der Waals surface area contributed by atoms with Gasteiger partial charge in [-0.25, -0.2) is 10.2 Å². The average Bonchev–Trinajstić information content (AvgIpc) is 0.754. The van der Waals surface area contributed by atoms with Gasteiger partial charge in [0.25, 0.3) is 0 Å². The fourth-order valence-corrected chi connectivity index (χ4v) is 17.0. The number of nitrogens with one attached hydrogen (secondary N) is 4. The molecule has 109 heavy (non-hydrogen) atoms. The van der Waals surface area contributed by atoms with Gasteiger partial charge in [0.05, 0.1) is 109 Å². The Kier molecular flexibility index (Phi) is 32.6. The van der Waals surface area contributed by atoms with Crippen LogP contribution >= 0.6 is 55.9 Å². The molecule has 35 heteroatoms. The number of ketones is 1. The largest absolute Gasteiger partial charge is 0.494 e. The summed E-state index contributed by atoms with van der Waals surface area (Å²) >= 11 is 2.77. The van der Waals surface area contributed by atoms with Gasteiger partial charge in [-0.3, -0.25) is 34.1 Å². The van der Waals surface area contributed by atoms with Gasteiger partial charge in [-0.05, 0) is 125 Å². The maximum absolute atomic E-state index is 14.6. The number of hydroxylamine groups is 1. The standard InChI is InChI=1S/C74H97IN6O25S3/c1-16-81(42(7)82)46-36-99-53(33-50(46)93-11)104-66-61(88)58(80-106-54-32-47(83)68(41(6)100-54)108-69(90)55-37(2)57(75)64(67(96-14)63(55)94-12)105-70-62(89)65(95-13)60(87)40(5)102-70)39(4)101-71(66)103-49-22-19-17-18-20-29-74(92)34-48(84)59(77-72(91)97-15)56(49)45(74)28-31-107-109-73(8,9)35-52(86)79-78-38(3)43-24-26-44(27-25-43)98-30-21-23-51(85)76-10/h16-18,24-28,39-41,46-47,49-50,53-54,58,60-62,65-66,68,70-71,80,83,87-89,92H,1,21,23,30-36H2,2-15H3,(H,76,85)(H,77,91)(H,79,86)/b18-17-,45-28+,78-38+/t39?,40?,41?,46?,47?,49-,50?,53?,54?,58?,60?,61?,62?,65?,66?,68?,70?,71?,74?/m0/s1. The van der Waals surface area contributed by atoms with Crippen LogP contribution in [-0.4, -0.2) is 252 Å². The molecule has 2 aliphatic carbocycles. The smallest absolute Gasteiger partial charge is 0.411 e. The van der Waals surface area contributed by atoms with Gasteiger partial charge in [0.2, 0.25) is 34.9 Å². The summed E-state index contributed by atoms with van der Waals surface area (Å²) in [5.74, 6) is 10.7. The minimum Gasteiger partial charge on any atom is -0.494 e. The summed E-state index contributed by atoms with van der Waals surface area (Å²) < 4.78 is 78.1. The van der Waals surface area contributed by atoms with E-state index in [9.17, 15) is 54.3 Å². The lowest BCUT2D eigenvalue weighted by atomic mass is 9.75. The van der Waals surface area contributed by atoms with Crippen molar-refractivity contribution in [2.24, 2.45) is 5.10 Å². The number of hydrogen-bond acceptors (Lipinski definition) is 30. The Hall–Kier alpha value is -6.41. The van der Waals surface area contributed by atoms with Crippen LogP contribution in [0.25, 0.3) is 0 Å².